The van der Waals surface area contributed by atoms with Crippen LogP contribution in [0.3, 0.4) is 0 Å². The van der Waals surface area contributed by atoms with Crippen LogP contribution in [-0.2, 0) is 9.53 Å². The molecule has 3 nitrogen and oxygen atoms in total. The van der Waals surface area contributed by atoms with Gasteiger partial charge in [-0.2, -0.15) is 0 Å². The summed E-state index contributed by atoms with van der Waals surface area (Å²) in [5.41, 5.74) is 0.836. The molecule has 1 N–H and O–H groups in total. The molecule has 3 atom stereocenters. The molecular formula is C19H18ClNO2S. The van der Waals surface area contributed by atoms with Gasteiger partial charge < -0.3 is 10.1 Å². The lowest BCUT2D eigenvalue weighted by Crippen LogP contribution is -2.30. The maximum absolute atomic E-state index is 12.4. The van der Waals surface area contributed by atoms with Crippen LogP contribution in [0.5, 0.6) is 0 Å². The quantitative estimate of drug-likeness (QED) is 0.835. The van der Waals surface area contributed by atoms with Crippen molar-refractivity contribution >= 4 is 35.0 Å². The second-order valence-corrected chi connectivity index (χ2v) is 7.87. The topological polar surface area (TPSA) is 38.3 Å². The average molecular weight is 360 g/mol. The molecule has 2 heterocycles. The smallest absolute Gasteiger partial charge is 0.230 e. The van der Waals surface area contributed by atoms with Crippen molar-refractivity contribution < 1.29 is 9.53 Å². The van der Waals surface area contributed by atoms with Gasteiger partial charge in [0.1, 0.15) is 0 Å². The highest BCUT2D eigenvalue weighted by molar-refractivity contribution is 7.99. The summed E-state index contributed by atoms with van der Waals surface area (Å²) < 4.78 is 5.76. The highest BCUT2D eigenvalue weighted by atomic mass is 35.5. The lowest BCUT2D eigenvalue weighted by molar-refractivity contribution is -0.121. The van der Waals surface area contributed by atoms with E-state index in [1.807, 2.05) is 48.5 Å². The average Bonchev–Trinajstić information content (AvgIpc) is 3.22. The second kappa shape index (κ2) is 6.79. The van der Waals surface area contributed by atoms with E-state index in [2.05, 4.69) is 5.32 Å². The van der Waals surface area contributed by atoms with E-state index < -0.39 is 0 Å². The third-order valence-corrected chi connectivity index (χ3v) is 5.88. The number of ether oxygens (including phenoxy) is 1. The molecule has 2 aliphatic heterocycles. The molecule has 0 aliphatic carbocycles. The van der Waals surface area contributed by atoms with Crippen LogP contribution in [0.2, 0.25) is 5.02 Å². The number of rotatable bonds is 4. The minimum atomic E-state index is 0.00636. The molecule has 2 aromatic carbocycles. The van der Waals surface area contributed by atoms with Gasteiger partial charge in [0.25, 0.3) is 0 Å². The van der Waals surface area contributed by atoms with Gasteiger partial charge in [0, 0.05) is 20.5 Å². The van der Waals surface area contributed by atoms with E-state index in [1.54, 1.807) is 11.8 Å². The number of nitrogens with one attached hydrogen (secondary N) is 1. The van der Waals surface area contributed by atoms with Gasteiger partial charge in [0.15, 0.2) is 0 Å². The van der Waals surface area contributed by atoms with Crippen molar-refractivity contribution in [2.75, 3.05) is 5.32 Å². The number of fused-ring (bicyclic) bond motifs is 2. The van der Waals surface area contributed by atoms with Crippen molar-refractivity contribution in [1.82, 2.24) is 0 Å². The summed E-state index contributed by atoms with van der Waals surface area (Å²) in [7, 11) is 0. The zero-order valence-electron chi connectivity index (χ0n) is 13.1. The number of anilines is 1. The summed E-state index contributed by atoms with van der Waals surface area (Å²) in [6, 6.07) is 15.7. The van der Waals surface area contributed by atoms with E-state index in [1.165, 1.54) is 0 Å². The Morgan fingerprint density at radius 2 is 1.71 bits per heavy atom. The molecular weight excluding hydrogens is 342 g/mol. The number of carbonyl (C=O) groups is 1. The van der Waals surface area contributed by atoms with Crippen LogP contribution >= 0.6 is 23.4 Å². The van der Waals surface area contributed by atoms with Crippen LogP contribution in [0.15, 0.2) is 58.3 Å². The summed E-state index contributed by atoms with van der Waals surface area (Å²) >= 11 is 7.57. The minimum Gasteiger partial charge on any atom is -0.374 e. The van der Waals surface area contributed by atoms with E-state index in [9.17, 15) is 4.79 Å². The molecule has 2 aromatic rings. The molecule has 0 radical (unpaired) electrons. The zero-order valence-corrected chi connectivity index (χ0v) is 14.6. The van der Waals surface area contributed by atoms with Crippen molar-refractivity contribution in [3.63, 3.8) is 0 Å². The molecule has 2 bridgehead atoms. The molecule has 124 valence electrons. The van der Waals surface area contributed by atoms with Gasteiger partial charge in [-0.1, -0.05) is 23.4 Å². The summed E-state index contributed by atoms with van der Waals surface area (Å²) in [4.78, 5) is 14.7. The maximum atomic E-state index is 12.4. The number of hydrogen-bond acceptors (Lipinski definition) is 3. The predicted molar refractivity (Wildman–Crippen MR) is 96.6 cm³/mol. The van der Waals surface area contributed by atoms with Crippen LogP contribution in [0.4, 0.5) is 5.69 Å². The summed E-state index contributed by atoms with van der Waals surface area (Å²) in [5.74, 6) is 0.0900. The molecule has 0 spiro atoms. The van der Waals surface area contributed by atoms with E-state index in [0.29, 0.717) is 6.10 Å². The number of hydrogen-bond donors (Lipinski definition) is 1. The first-order chi connectivity index (χ1) is 11.7. The SMILES string of the molecule is O=C(Nc1ccc(Sc2ccc(Cl)cc2)cc1)C1CC2CCC1O2. The number of carbonyl (C=O) groups excluding carboxylic acids is 1. The number of benzene rings is 2. The molecule has 0 saturated carbocycles. The van der Waals surface area contributed by atoms with Crippen LogP contribution < -0.4 is 5.32 Å². The van der Waals surface area contributed by atoms with E-state index in [4.69, 9.17) is 16.3 Å². The Bertz CT molecular complexity index is 732. The molecule has 1 amide bonds. The van der Waals surface area contributed by atoms with Gasteiger partial charge in [-0.15, -0.1) is 0 Å². The van der Waals surface area contributed by atoms with Gasteiger partial charge in [-0.05, 0) is 67.8 Å². The molecule has 3 unspecified atom stereocenters. The third-order valence-electron chi connectivity index (χ3n) is 4.61. The van der Waals surface area contributed by atoms with Crippen molar-refractivity contribution in [2.45, 2.75) is 41.3 Å². The Labute approximate surface area is 150 Å². The largest absolute Gasteiger partial charge is 0.374 e. The first-order valence-electron chi connectivity index (χ1n) is 8.17. The van der Waals surface area contributed by atoms with Crippen molar-refractivity contribution in [3.05, 3.63) is 53.6 Å². The normalized spacial score (nSPS) is 25.0. The van der Waals surface area contributed by atoms with Crippen molar-refractivity contribution in [2.24, 2.45) is 5.92 Å². The molecule has 2 fully saturated rings. The monoisotopic (exact) mass is 359 g/mol. The van der Waals surface area contributed by atoms with E-state index >= 15 is 0 Å². The van der Waals surface area contributed by atoms with Gasteiger partial charge in [-0.25, -0.2) is 0 Å². The molecule has 5 heteroatoms. The fraction of sp³-hybridized carbons (Fsp3) is 0.316. The zero-order chi connectivity index (χ0) is 16.5. The fourth-order valence-electron chi connectivity index (χ4n) is 3.39. The molecule has 4 rings (SSSR count). The van der Waals surface area contributed by atoms with Crippen LogP contribution in [0.1, 0.15) is 19.3 Å². The maximum Gasteiger partial charge on any atom is 0.230 e. The Hall–Kier alpha value is -1.49. The van der Waals surface area contributed by atoms with Crippen molar-refractivity contribution in [3.8, 4) is 0 Å². The van der Waals surface area contributed by atoms with Gasteiger partial charge >= 0.3 is 0 Å². The lowest BCUT2D eigenvalue weighted by atomic mass is 9.88. The Kier molecular flexibility index (Phi) is 4.53. The van der Waals surface area contributed by atoms with Crippen LogP contribution in [-0.4, -0.2) is 18.1 Å². The number of halogens is 1. The predicted octanol–water partition coefficient (Wildman–Crippen LogP) is 5.00. The van der Waals surface area contributed by atoms with Crippen LogP contribution in [0.25, 0.3) is 0 Å². The first-order valence-corrected chi connectivity index (χ1v) is 9.36. The highest BCUT2D eigenvalue weighted by Gasteiger charge is 2.44. The highest BCUT2D eigenvalue weighted by Crippen LogP contribution is 2.39. The standard InChI is InChI=1S/C19H18ClNO2S/c20-12-1-6-15(7-2-12)24-16-8-3-13(4-9-16)21-19(22)17-11-14-5-10-18(17)23-14/h1-4,6-9,14,17-18H,5,10-11H2,(H,21,22). The van der Waals surface area contributed by atoms with E-state index in [0.717, 1.165) is 39.8 Å². The Balaban J connectivity index is 1.37. The van der Waals surface area contributed by atoms with Crippen LogP contribution in [0, 0.1) is 5.92 Å². The molecule has 2 saturated heterocycles. The van der Waals surface area contributed by atoms with Gasteiger partial charge in [0.05, 0.1) is 18.1 Å². The second-order valence-electron chi connectivity index (χ2n) is 6.29. The summed E-state index contributed by atoms with van der Waals surface area (Å²) in [5, 5.41) is 3.76. The third kappa shape index (κ3) is 3.46. The summed E-state index contributed by atoms with van der Waals surface area (Å²) in [6.07, 6.45) is 3.39. The van der Waals surface area contributed by atoms with E-state index in [-0.39, 0.29) is 17.9 Å². The lowest BCUT2D eigenvalue weighted by Gasteiger charge is -2.18. The molecule has 0 aromatic heterocycles. The Morgan fingerprint density at radius 1 is 1.04 bits per heavy atom. The van der Waals surface area contributed by atoms with Gasteiger partial charge in [-0.3, -0.25) is 4.79 Å². The fourth-order valence-corrected chi connectivity index (χ4v) is 4.34. The van der Waals surface area contributed by atoms with Crippen molar-refractivity contribution in [1.29, 1.82) is 0 Å². The summed E-state index contributed by atoms with van der Waals surface area (Å²) in [6.45, 7) is 0. The number of amides is 1. The molecule has 24 heavy (non-hydrogen) atoms. The van der Waals surface area contributed by atoms with Gasteiger partial charge in [0.2, 0.25) is 5.91 Å². The molecule has 2 aliphatic rings. The minimum absolute atomic E-state index is 0.00636. The Morgan fingerprint density at radius 3 is 2.29 bits per heavy atom. The first kappa shape index (κ1) is 16.0.